The lowest BCUT2D eigenvalue weighted by Gasteiger charge is -2.17. The molecule has 0 radical (unpaired) electrons. The third kappa shape index (κ3) is 2.09. The molecule has 0 fully saturated rings. The number of nitrogens with zero attached hydrogens (tertiary/aromatic N) is 1. The van der Waals surface area contributed by atoms with Crippen LogP contribution in [0.1, 0.15) is 18.6 Å². The molecule has 0 saturated carbocycles. The number of carbonyl (C=O) groups is 1. The summed E-state index contributed by atoms with van der Waals surface area (Å²) in [6, 6.07) is 3.94. The van der Waals surface area contributed by atoms with Crippen molar-refractivity contribution >= 4 is 12.1 Å². The molecule has 1 rings (SSSR count). The van der Waals surface area contributed by atoms with E-state index >= 15 is 0 Å². The number of benzene rings is 1. The summed E-state index contributed by atoms with van der Waals surface area (Å²) in [5.41, 5.74) is 0.913. The van der Waals surface area contributed by atoms with E-state index in [1.165, 1.54) is 30.0 Å². The Morgan fingerprint density at radius 2 is 2.21 bits per heavy atom. The van der Waals surface area contributed by atoms with Gasteiger partial charge in [-0.15, -0.1) is 0 Å². The van der Waals surface area contributed by atoms with E-state index in [0.29, 0.717) is 17.7 Å². The van der Waals surface area contributed by atoms with Crippen molar-refractivity contribution in [2.75, 3.05) is 11.9 Å². The van der Waals surface area contributed by atoms with E-state index in [1.807, 2.05) is 0 Å². The number of hydrogen-bond donors (Lipinski definition) is 1. The summed E-state index contributed by atoms with van der Waals surface area (Å²) in [6.45, 7) is 1.52. The van der Waals surface area contributed by atoms with Gasteiger partial charge in [-0.2, -0.15) is 0 Å². The molecular weight excluding hydrogens is 185 g/mol. The van der Waals surface area contributed by atoms with E-state index in [-0.39, 0.29) is 0 Å². The number of aliphatic hydroxyl groups excluding tert-OH is 1. The van der Waals surface area contributed by atoms with Crippen molar-refractivity contribution in [3.05, 3.63) is 29.6 Å². The van der Waals surface area contributed by atoms with Gasteiger partial charge in [-0.3, -0.25) is 4.79 Å². The van der Waals surface area contributed by atoms with Crippen LogP contribution in [0.2, 0.25) is 0 Å². The Bertz CT molecular complexity index is 339. The van der Waals surface area contributed by atoms with Gasteiger partial charge in [0.05, 0.1) is 6.10 Å². The topological polar surface area (TPSA) is 40.5 Å². The number of anilines is 1. The summed E-state index contributed by atoms with van der Waals surface area (Å²) >= 11 is 0. The lowest BCUT2D eigenvalue weighted by molar-refractivity contribution is -0.107. The number of carbonyl (C=O) groups excluding carboxylic acids is 1. The fourth-order valence-electron chi connectivity index (χ4n) is 1.24. The Morgan fingerprint density at radius 3 is 2.71 bits per heavy atom. The van der Waals surface area contributed by atoms with Gasteiger partial charge < -0.3 is 10.0 Å². The van der Waals surface area contributed by atoms with Crippen LogP contribution in [0.4, 0.5) is 10.1 Å². The van der Waals surface area contributed by atoms with E-state index in [4.69, 9.17) is 0 Å². The average Bonchev–Trinajstić information content (AvgIpc) is 2.16. The highest BCUT2D eigenvalue weighted by Crippen LogP contribution is 2.25. The highest BCUT2D eigenvalue weighted by Gasteiger charge is 2.11. The van der Waals surface area contributed by atoms with Crippen LogP contribution in [0, 0.1) is 5.82 Å². The number of amides is 1. The van der Waals surface area contributed by atoms with E-state index in [9.17, 15) is 14.3 Å². The van der Waals surface area contributed by atoms with E-state index in [2.05, 4.69) is 0 Å². The first-order chi connectivity index (χ1) is 6.56. The average molecular weight is 197 g/mol. The van der Waals surface area contributed by atoms with Gasteiger partial charge in [0.25, 0.3) is 0 Å². The first-order valence-corrected chi connectivity index (χ1v) is 4.22. The van der Waals surface area contributed by atoms with Gasteiger partial charge in [0, 0.05) is 18.3 Å². The fourth-order valence-corrected chi connectivity index (χ4v) is 1.24. The molecule has 0 aliphatic carbocycles. The van der Waals surface area contributed by atoms with Crippen LogP contribution < -0.4 is 4.90 Å². The molecule has 0 spiro atoms. The summed E-state index contributed by atoms with van der Waals surface area (Å²) in [5, 5.41) is 9.36. The second-order valence-electron chi connectivity index (χ2n) is 3.10. The maximum Gasteiger partial charge on any atom is 0.213 e. The number of halogens is 1. The zero-order valence-corrected chi connectivity index (χ0v) is 8.07. The van der Waals surface area contributed by atoms with E-state index in [1.54, 1.807) is 7.05 Å². The van der Waals surface area contributed by atoms with E-state index < -0.39 is 11.9 Å². The summed E-state index contributed by atoms with van der Waals surface area (Å²) in [6.07, 6.45) is -0.192. The van der Waals surface area contributed by atoms with Crippen LogP contribution >= 0.6 is 0 Å². The van der Waals surface area contributed by atoms with Crippen LogP contribution in [-0.2, 0) is 4.79 Å². The SMILES string of the molecule is C[C@@H](O)c1cc(F)ccc1N(C)C=O. The van der Waals surface area contributed by atoms with Crippen molar-refractivity contribution in [1.29, 1.82) is 0 Å². The number of rotatable bonds is 3. The summed E-state index contributed by atoms with van der Waals surface area (Å²) < 4.78 is 12.9. The van der Waals surface area contributed by atoms with Crippen molar-refractivity contribution in [1.82, 2.24) is 0 Å². The van der Waals surface area contributed by atoms with Crippen molar-refractivity contribution in [2.45, 2.75) is 13.0 Å². The highest BCUT2D eigenvalue weighted by atomic mass is 19.1. The molecule has 3 nitrogen and oxygen atoms in total. The second-order valence-corrected chi connectivity index (χ2v) is 3.10. The van der Waals surface area contributed by atoms with Crippen LogP contribution in [0.15, 0.2) is 18.2 Å². The molecule has 1 N–H and O–H groups in total. The normalized spacial score (nSPS) is 12.3. The Labute approximate surface area is 81.8 Å². The summed E-state index contributed by atoms with van der Waals surface area (Å²) in [5.74, 6) is -0.427. The molecule has 0 unspecified atom stereocenters. The zero-order chi connectivity index (χ0) is 10.7. The molecule has 4 heteroatoms. The van der Waals surface area contributed by atoms with Crippen LogP contribution in [0.3, 0.4) is 0 Å². The molecule has 14 heavy (non-hydrogen) atoms. The molecule has 0 aliphatic heterocycles. The first kappa shape index (κ1) is 10.7. The Kier molecular flexibility index (Phi) is 3.19. The van der Waals surface area contributed by atoms with Crippen molar-refractivity contribution < 1.29 is 14.3 Å². The van der Waals surface area contributed by atoms with Gasteiger partial charge in [-0.05, 0) is 25.1 Å². The molecule has 0 saturated heterocycles. The maximum absolute atomic E-state index is 12.9. The molecule has 1 aromatic rings. The lowest BCUT2D eigenvalue weighted by atomic mass is 10.1. The van der Waals surface area contributed by atoms with Crippen LogP contribution in [0.25, 0.3) is 0 Å². The fraction of sp³-hybridized carbons (Fsp3) is 0.300. The van der Waals surface area contributed by atoms with Crippen molar-refractivity contribution in [3.63, 3.8) is 0 Å². The monoisotopic (exact) mass is 197 g/mol. The van der Waals surface area contributed by atoms with Gasteiger partial charge in [0.1, 0.15) is 5.82 Å². The van der Waals surface area contributed by atoms with Gasteiger partial charge >= 0.3 is 0 Å². The van der Waals surface area contributed by atoms with Gasteiger partial charge in [0.15, 0.2) is 0 Å². The molecule has 76 valence electrons. The molecule has 0 aromatic heterocycles. The number of hydrogen-bond acceptors (Lipinski definition) is 2. The largest absolute Gasteiger partial charge is 0.389 e. The minimum Gasteiger partial charge on any atom is -0.389 e. The summed E-state index contributed by atoms with van der Waals surface area (Å²) in [4.78, 5) is 11.8. The molecule has 1 atom stereocenters. The molecule has 1 aromatic carbocycles. The third-order valence-electron chi connectivity index (χ3n) is 1.98. The lowest BCUT2D eigenvalue weighted by Crippen LogP contribution is -2.16. The van der Waals surface area contributed by atoms with Gasteiger partial charge in [-0.25, -0.2) is 4.39 Å². The Hall–Kier alpha value is -1.42. The first-order valence-electron chi connectivity index (χ1n) is 4.22. The third-order valence-corrected chi connectivity index (χ3v) is 1.98. The van der Waals surface area contributed by atoms with Crippen molar-refractivity contribution in [2.24, 2.45) is 0 Å². The van der Waals surface area contributed by atoms with Gasteiger partial charge in [-0.1, -0.05) is 0 Å². The standard InChI is InChI=1S/C10H12FNO2/c1-7(14)9-5-8(11)3-4-10(9)12(2)6-13/h3-7,14H,1-2H3/t7-/m1/s1. The molecule has 0 heterocycles. The van der Waals surface area contributed by atoms with Crippen LogP contribution in [-0.4, -0.2) is 18.6 Å². The van der Waals surface area contributed by atoms with Crippen molar-refractivity contribution in [3.8, 4) is 0 Å². The predicted octanol–water partition coefficient (Wildman–Crippen LogP) is 1.47. The Balaban J connectivity index is 3.21. The molecule has 0 bridgehead atoms. The minimum absolute atomic E-state index is 0.402. The summed E-state index contributed by atoms with van der Waals surface area (Å²) in [7, 11) is 1.55. The van der Waals surface area contributed by atoms with E-state index in [0.717, 1.165) is 0 Å². The molecular formula is C10H12FNO2. The van der Waals surface area contributed by atoms with Crippen LogP contribution in [0.5, 0.6) is 0 Å². The second kappa shape index (κ2) is 4.19. The van der Waals surface area contributed by atoms with Gasteiger partial charge in [0.2, 0.25) is 6.41 Å². The minimum atomic E-state index is -0.803. The quantitative estimate of drug-likeness (QED) is 0.745. The smallest absolute Gasteiger partial charge is 0.213 e. The maximum atomic E-state index is 12.9. The molecule has 0 aliphatic rings. The predicted molar refractivity (Wildman–Crippen MR) is 51.5 cm³/mol. The highest BCUT2D eigenvalue weighted by molar-refractivity contribution is 5.76. The molecule has 1 amide bonds. The number of aliphatic hydroxyl groups is 1. The zero-order valence-electron chi connectivity index (χ0n) is 8.07. The Morgan fingerprint density at radius 1 is 1.57 bits per heavy atom.